The molecular weight excluding hydrogens is 471 g/mol. The Hall–Kier alpha value is -3.17. The van der Waals surface area contributed by atoms with Crippen molar-refractivity contribution in [2.75, 3.05) is 12.4 Å². The zero-order valence-electron chi connectivity index (χ0n) is 16.9. The van der Waals surface area contributed by atoms with E-state index in [1.807, 2.05) is 24.3 Å². The minimum Gasteiger partial charge on any atom is -0.493 e. The maximum atomic E-state index is 12.6. The molecule has 1 amide bonds. The van der Waals surface area contributed by atoms with Crippen LogP contribution in [-0.2, 0) is 11.4 Å². The lowest BCUT2D eigenvalue weighted by Gasteiger charge is -2.12. The molecule has 0 radical (unpaired) electrons. The fraction of sp³-hybridized carbons (Fsp3) is 0.0833. The van der Waals surface area contributed by atoms with Gasteiger partial charge in [0.25, 0.3) is 5.91 Å². The average molecular weight is 488 g/mol. The number of carbonyl (C=O) groups is 1. The van der Waals surface area contributed by atoms with Crippen molar-refractivity contribution in [1.29, 1.82) is 5.26 Å². The van der Waals surface area contributed by atoms with Gasteiger partial charge in [0.1, 0.15) is 18.2 Å². The number of carbonyl (C=O) groups excluding carboxylic acids is 1. The molecule has 0 aromatic heterocycles. The Bertz CT molecular complexity index is 1220. The molecule has 0 aliphatic carbocycles. The van der Waals surface area contributed by atoms with Gasteiger partial charge in [-0.25, -0.2) is 0 Å². The third-order valence-electron chi connectivity index (χ3n) is 4.40. The fourth-order valence-corrected chi connectivity index (χ4v) is 3.31. The van der Waals surface area contributed by atoms with E-state index in [9.17, 15) is 10.1 Å². The minimum atomic E-state index is -0.619. The van der Waals surface area contributed by atoms with Crippen LogP contribution in [0.1, 0.15) is 11.1 Å². The first kappa shape index (κ1) is 23.5. The molecule has 0 bridgehead atoms. The van der Waals surface area contributed by atoms with Crippen LogP contribution >= 0.6 is 34.8 Å². The monoisotopic (exact) mass is 486 g/mol. The Kier molecular flexibility index (Phi) is 8.02. The topological polar surface area (TPSA) is 71.3 Å². The van der Waals surface area contributed by atoms with Crippen LogP contribution in [0.4, 0.5) is 5.69 Å². The van der Waals surface area contributed by atoms with Crippen molar-refractivity contribution < 1.29 is 14.3 Å². The summed E-state index contributed by atoms with van der Waals surface area (Å²) in [6, 6.07) is 19.1. The summed E-state index contributed by atoms with van der Waals surface area (Å²) in [6.07, 6.45) is 1.44. The summed E-state index contributed by atoms with van der Waals surface area (Å²) in [4.78, 5) is 12.6. The Morgan fingerprint density at radius 3 is 2.50 bits per heavy atom. The van der Waals surface area contributed by atoms with Gasteiger partial charge in [0, 0.05) is 10.6 Å². The molecule has 0 aliphatic heterocycles. The van der Waals surface area contributed by atoms with Crippen LogP contribution in [-0.4, -0.2) is 13.0 Å². The van der Waals surface area contributed by atoms with Gasteiger partial charge in [-0.2, -0.15) is 5.26 Å². The first-order chi connectivity index (χ1) is 15.4. The summed E-state index contributed by atoms with van der Waals surface area (Å²) in [5.41, 5.74) is 1.57. The van der Waals surface area contributed by atoms with Gasteiger partial charge >= 0.3 is 0 Å². The van der Waals surface area contributed by atoms with E-state index in [4.69, 9.17) is 44.3 Å². The van der Waals surface area contributed by atoms with Gasteiger partial charge < -0.3 is 14.8 Å². The zero-order chi connectivity index (χ0) is 23.1. The summed E-state index contributed by atoms with van der Waals surface area (Å²) in [7, 11) is 1.52. The Balaban J connectivity index is 1.83. The second-order valence-corrected chi connectivity index (χ2v) is 7.71. The molecule has 0 aliphatic rings. The number of amides is 1. The Labute approximate surface area is 200 Å². The lowest BCUT2D eigenvalue weighted by atomic mass is 10.1. The van der Waals surface area contributed by atoms with Crippen LogP contribution in [0.15, 0.2) is 66.2 Å². The largest absolute Gasteiger partial charge is 0.493 e. The summed E-state index contributed by atoms with van der Waals surface area (Å²) in [5.74, 6) is 0.325. The van der Waals surface area contributed by atoms with Gasteiger partial charge in [0.15, 0.2) is 11.5 Å². The average Bonchev–Trinajstić information content (AvgIpc) is 2.80. The van der Waals surface area contributed by atoms with Crippen molar-refractivity contribution in [3.05, 3.63) is 92.4 Å². The fourth-order valence-electron chi connectivity index (χ4n) is 2.77. The van der Waals surface area contributed by atoms with E-state index in [1.165, 1.54) is 13.2 Å². The lowest BCUT2D eigenvalue weighted by Crippen LogP contribution is -2.13. The molecule has 162 valence electrons. The number of hydrogen-bond acceptors (Lipinski definition) is 4. The molecule has 8 heteroatoms. The van der Waals surface area contributed by atoms with Crippen molar-refractivity contribution in [2.45, 2.75) is 6.61 Å². The van der Waals surface area contributed by atoms with E-state index in [0.717, 1.165) is 5.56 Å². The van der Waals surface area contributed by atoms with Crippen LogP contribution in [0.2, 0.25) is 15.1 Å². The van der Waals surface area contributed by atoms with E-state index in [1.54, 1.807) is 42.5 Å². The van der Waals surface area contributed by atoms with Crippen molar-refractivity contribution in [3.8, 4) is 17.6 Å². The van der Waals surface area contributed by atoms with Gasteiger partial charge in [0.05, 0.1) is 22.8 Å². The standard InChI is InChI=1S/C24H17Cl3N2O3/c1-31-21-10-9-15(12-22(21)32-14-16-5-2-3-6-18(16)25)11-17(13-28)24(30)29-20-8-4-7-19(26)23(20)27/h2-12H,14H2,1H3,(H,29,30)/b17-11+. The second kappa shape index (κ2) is 10.9. The van der Waals surface area contributed by atoms with Crippen LogP contribution in [0.3, 0.4) is 0 Å². The molecular formula is C24H17Cl3N2O3. The number of nitriles is 1. The highest BCUT2D eigenvalue weighted by Crippen LogP contribution is 2.32. The van der Waals surface area contributed by atoms with E-state index in [-0.39, 0.29) is 17.2 Å². The molecule has 1 N–H and O–H groups in total. The number of ether oxygens (including phenoxy) is 2. The molecule has 0 fully saturated rings. The van der Waals surface area contributed by atoms with Crippen LogP contribution < -0.4 is 14.8 Å². The van der Waals surface area contributed by atoms with Gasteiger partial charge in [-0.15, -0.1) is 0 Å². The quantitative estimate of drug-likeness (QED) is 0.294. The maximum Gasteiger partial charge on any atom is 0.266 e. The second-order valence-electron chi connectivity index (χ2n) is 6.52. The van der Waals surface area contributed by atoms with Crippen LogP contribution in [0.25, 0.3) is 6.08 Å². The molecule has 5 nitrogen and oxygen atoms in total. The van der Waals surface area contributed by atoms with Crippen molar-refractivity contribution in [3.63, 3.8) is 0 Å². The summed E-state index contributed by atoms with van der Waals surface area (Å²) in [6.45, 7) is 0.224. The predicted octanol–water partition coefficient (Wildman–Crippen LogP) is 6.78. The minimum absolute atomic E-state index is 0.122. The first-order valence-corrected chi connectivity index (χ1v) is 10.5. The number of rotatable bonds is 7. The van der Waals surface area contributed by atoms with Crippen LogP contribution in [0.5, 0.6) is 11.5 Å². The maximum absolute atomic E-state index is 12.6. The molecule has 3 aromatic carbocycles. The highest BCUT2D eigenvalue weighted by molar-refractivity contribution is 6.44. The van der Waals surface area contributed by atoms with Crippen LogP contribution in [0, 0.1) is 11.3 Å². The molecule has 0 unspecified atom stereocenters. The van der Waals surface area contributed by atoms with E-state index >= 15 is 0 Å². The van der Waals surface area contributed by atoms with E-state index < -0.39 is 5.91 Å². The smallest absolute Gasteiger partial charge is 0.266 e. The number of benzene rings is 3. The lowest BCUT2D eigenvalue weighted by molar-refractivity contribution is -0.112. The normalized spacial score (nSPS) is 10.9. The number of halogens is 3. The van der Waals surface area contributed by atoms with E-state index in [2.05, 4.69) is 5.32 Å². The van der Waals surface area contributed by atoms with Gasteiger partial charge in [-0.3, -0.25) is 4.79 Å². The SMILES string of the molecule is COc1ccc(/C=C(\C#N)C(=O)Nc2cccc(Cl)c2Cl)cc1OCc1ccccc1Cl. The molecule has 3 aromatic rings. The first-order valence-electron chi connectivity index (χ1n) is 9.34. The van der Waals surface area contributed by atoms with Gasteiger partial charge in [-0.1, -0.05) is 65.1 Å². The predicted molar refractivity (Wildman–Crippen MR) is 127 cm³/mol. The molecule has 0 atom stereocenters. The molecule has 0 saturated heterocycles. The van der Waals surface area contributed by atoms with Crippen molar-refractivity contribution in [1.82, 2.24) is 0 Å². The molecule has 0 heterocycles. The Morgan fingerprint density at radius 1 is 1.03 bits per heavy atom. The molecule has 0 spiro atoms. The summed E-state index contributed by atoms with van der Waals surface area (Å²) in [5, 5.41) is 13.2. The van der Waals surface area contributed by atoms with Gasteiger partial charge in [-0.05, 0) is 42.0 Å². The summed E-state index contributed by atoms with van der Waals surface area (Å²) >= 11 is 18.3. The zero-order valence-corrected chi connectivity index (χ0v) is 19.1. The third-order valence-corrected chi connectivity index (χ3v) is 5.59. The Morgan fingerprint density at radius 2 is 1.78 bits per heavy atom. The number of methoxy groups -OCH3 is 1. The van der Waals surface area contributed by atoms with Crippen molar-refractivity contribution in [2.24, 2.45) is 0 Å². The number of nitrogens with one attached hydrogen (secondary N) is 1. The highest BCUT2D eigenvalue weighted by atomic mass is 35.5. The van der Waals surface area contributed by atoms with Crippen molar-refractivity contribution >= 4 is 52.5 Å². The molecule has 0 saturated carbocycles. The number of anilines is 1. The van der Waals surface area contributed by atoms with E-state index in [0.29, 0.717) is 32.8 Å². The van der Waals surface area contributed by atoms with Gasteiger partial charge in [0.2, 0.25) is 0 Å². The highest BCUT2D eigenvalue weighted by Gasteiger charge is 2.14. The third kappa shape index (κ3) is 5.74. The summed E-state index contributed by atoms with van der Waals surface area (Å²) < 4.78 is 11.2. The molecule has 3 rings (SSSR count). The molecule has 32 heavy (non-hydrogen) atoms. The number of nitrogens with zero attached hydrogens (tertiary/aromatic N) is 1. The number of hydrogen-bond donors (Lipinski definition) is 1.